The van der Waals surface area contributed by atoms with Crippen LogP contribution in [0.15, 0.2) is 36.4 Å². The van der Waals surface area contributed by atoms with E-state index < -0.39 is 11.2 Å². The largest absolute Gasteiger partial charge is 0.484 e. The van der Waals surface area contributed by atoms with E-state index in [2.05, 4.69) is 10.6 Å². The van der Waals surface area contributed by atoms with Gasteiger partial charge in [-0.05, 0) is 55.0 Å². The third-order valence-corrected chi connectivity index (χ3v) is 7.06. The Bertz CT molecular complexity index is 1030. The van der Waals surface area contributed by atoms with Gasteiger partial charge in [0.2, 0.25) is 5.91 Å². The molecular formula is C22H20Cl3FN2O3. The van der Waals surface area contributed by atoms with Crippen molar-refractivity contribution in [1.82, 2.24) is 10.6 Å². The van der Waals surface area contributed by atoms with Gasteiger partial charge in [-0.15, -0.1) is 0 Å². The zero-order valence-electron chi connectivity index (χ0n) is 16.4. The lowest BCUT2D eigenvalue weighted by molar-refractivity contribution is -0.135. The molecule has 2 bridgehead atoms. The van der Waals surface area contributed by atoms with E-state index in [4.69, 9.17) is 39.5 Å². The maximum absolute atomic E-state index is 13.5. The first-order chi connectivity index (χ1) is 14.8. The second-order valence-electron chi connectivity index (χ2n) is 8.12. The molecule has 0 radical (unpaired) electrons. The highest BCUT2D eigenvalue weighted by Gasteiger charge is 2.60. The first-order valence-corrected chi connectivity index (χ1v) is 11.0. The van der Waals surface area contributed by atoms with Gasteiger partial charge in [0.1, 0.15) is 11.6 Å². The Balaban J connectivity index is 1.25. The molecule has 1 atom stereocenters. The van der Waals surface area contributed by atoms with Crippen LogP contribution in [0.1, 0.15) is 24.8 Å². The Morgan fingerprint density at radius 2 is 1.77 bits per heavy atom. The van der Waals surface area contributed by atoms with Crippen molar-refractivity contribution in [3.63, 3.8) is 0 Å². The van der Waals surface area contributed by atoms with Crippen LogP contribution in [0.4, 0.5) is 4.39 Å². The minimum atomic E-state index is -0.606. The molecule has 3 fully saturated rings. The third-order valence-electron chi connectivity index (χ3n) is 6.01. The molecule has 0 aliphatic heterocycles. The number of amides is 2. The van der Waals surface area contributed by atoms with Crippen LogP contribution in [0, 0.1) is 17.2 Å². The molecule has 0 heterocycles. The van der Waals surface area contributed by atoms with Crippen LogP contribution in [0.5, 0.6) is 5.75 Å². The van der Waals surface area contributed by atoms with Gasteiger partial charge in [-0.2, -0.15) is 0 Å². The van der Waals surface area contributed by atoms with Crippen molar-refractivity contribution in [3.8, 4) is 5.75 Å². The summed E-state index contributed by atoms with van der Waals surface area (Å²) in [4.78, 5) is 25.0. The molecule has 2 amide bonds. The van der Waals surface area contributed by atoms with Crippen LogP contribution >= 0.6 is 34.8 Å². The molecule has 0 unspecified atom stereocenters. The second-order valence-corrected chi connectivity index (χ2v) is 9.34. The normalized spacial score (nSPS) is 23.7. The van der Waals surface area contributed by atoms with Gasteiger partial charge in [0.05, 0.1) is 20.5 Å². The van der Waals surface area contributed by atoms with Gasteiger partial charge >= 0.3 is 0 Å². The van der Waals surface area contributed by atoms with E-state index in [1.54, 1.807) is 12.1 Å². The van der Waals surface area contributed by atoms with Crippen molar-refractivity contribution in [1.29, 1.82) is 0 Å². The van der Waals surface area contributed by atoms with E-state index in [0.717, 1.165) is 24.5 Å². The number of ether oxygens (including phenoxy) is 1. The lowest BCUT2D eigenvalue weighted by atomic mass is 9.69. The predicted molar refractivity (Wildman–Crippen MR) is 117 cm³/mol. The minimum Gasteiger partial charge on any atom is -0.484 e. The van der Waals surface area contributed by atoms with E-state index >= 15 is 0 Å². The predicted octanol–water partition coefficient (Wildman–Crippen LogP) is 4.77. The highest BCUT2D eigenvalue weighted by atomic mass is 35.5. The quantitative estimate of drug-likeness (QED) is 0.594. The molecular weight excluding hydrogens is 466 g/mol. The molecule has 0 spiro atoms. The summed E-state index contributed by atoms with van der Waals surface area (Å²) in [6.07, 6.45) is 2.08. The number of hydrogen-bond acceptors (Lipinski definition) is 3. The average molecular weight is 486 g/mol. The topological polar surface area (TPSA) is 67.4 Å². The van der Waals surface area contributed by atoms with E-state index in [9.17, 15) is 14.0 Å². The van der Waals surface area contributed by atoms with Crippen molar-refractivity contribution in [3.05, 3.63) is 62.8 Å². The van der Waals surface area contributed by atoms with Gasteiger partial charge in [0.25, 0.3) is 5.91 Å². The molecule has 3 aliphatic carbocycles. The lowest BCUT2D eigenvalue weighted by Crippen LogP contribution is -2.44. The van der Waals surface area contributed by atoms with Crippen molar-refractivity contribution >= 4 is 46.6 Å². The van der Waals surface area contributed by atoms with Crippen molar-refractivity contribution in [2.45, 2.75) is 31.8 Å². The Hall–Kier alpha value is -2.02. The third kappa shape index (κ3) is 4.76. The number of fused-ring (bicyclic) bond motifs is 1. The number of carbonyl (C=O) groups excluding carboxylic acids is 2. The molecule has 5 nitrogen and oxygen atoms in total. The molecule has 2 aromatic carbocycles. The van der Waals surface area contributed by atoms with Gasteiger partial charge in [-0.25, -0.2) is 4.39 Å². The number of hydrogen-bond donors (Lipinski definition) is 2. The van der Waals surface area contributed by atoms with E-state index in [1.807, 2.05) is 6.07 Å². The van der Waals surface area contributed by atoms with Gasteiger partial charge in [-0.3, -0.25) is 9.59 Å². The van der Waals surface area contributed by atoms with Gasteiger partial charge < -0.3 is 15.4 Å². The van der Waals surface area contributed by atoms with Crippen molar-refractivity contribution in [2.24, 2.45) is 11.3 Å². The fraction of sp³-hybridized carbons (Fsp3) is 0.364. The summed E-state index contributed by atoms with van der Waals surface area (Å²) in [6.45, 7) is 0.130. The van der Waals surface area contributed by atoms with Gasteiger partial charge in [0, 0.05) is 18.7 Å². The molecule has 164 valence electrons. The molecule has 31 heavy (non-hydrogen) atoms. The molecule has 2 N–H and O–H groups in total. The SMILES string of the molecule is O=C(COc1ccc(Cl)c(F)c1)N[C@@H]1CC2(C(=O)NCc3ccc(Cl)c(Cl)c3)CC1C2. The van der Waals surface area contributed by atoms with E-state index in [1.165, 1.54) is 12.1 Å². The zero-order valence-corrected chi connectivity index (χ0v) is 18.7. The van der Waals surface area contributed by atoms with Gasteiger partial charge in [0.15, 0.2) is 6.61 Å². The maximum atomic E-state index is 13.5. The number of nitrogens with one attached hydrogen (secondary N) is 2. The molecule has 3 saturated carbocycles. The summed E-state index contributed by atoms with van der Waals surface area (Å²) < 4.78 is 18.8. The maximum Gasteiger partial charge on any atom is 0.258 e. The molecule has 0 aromatic heterocycles. The summed E-state index contributed by atoms with van der Waals surface area (Å²) in [5.41, 5.74) is 0.424. The smallest absolute Gasteiger partial charge is 0.258 e. The zero-order chi connectivity index (χ0) is 22.2. The fourth-order valence-electron chi connectivity index (χ4n) is 4.41. The minimum absolute atomic E-state index is 0.00901. The monoisotopic (exact) mass is 484 g/mol. The first kappa shape index (κ1) is 22.2. The summed E-state index contributed by atoms with van der Waals surface area (Å²) in [5, 5.41) is 6.82. The molecule has 5 rings (SSSR count). The van der Waals surface area contributed by atoms with E-state index in [-0.39, 0.29) is 41.2 Å². The standard InChI is InChI=1S/C22H20Cl3FN2O3/c23-15-3-1-12(5-17(15)25)10-27-21(30)22-7-13(8-22)19(9-22)28-20(29)11-31-14-2-4-16(24)18(26)6-14/h1-6,13,19H,7-11H2,(H,27,30)(H,28,29)/t13?,19-,22?/m1/s1. The van der Waals surface area contributed by atoms with Crippen molar-refractivity contribution in [2.75, 3.05) is 6.61 Å². The summed E-state index contributed by atoms with van der Waals surface area (Å²) >= 11 is 17.6. The average Bonchev–Trinajstić information content (AvgIpc) is 3.24. The van der Waals surface area contributed by atoms with Crippen LogP contribution in [0.3, 0.4) is 0 Å². The van der Waals surface area contributed by atoms with Crippen molar-refractivity contribution < 1.29 is 18.7 Å². The van der Waals surface area contributed by atoms with Crippen LogP contribution in [-0.4, -0.2) is 24.5 Å². The molecule has 2 aromatic rings. The Kier molecular flexibility index (Phi) is 6.33. The molecule has 0 saturated heterocycles. The highest BCUT2D eigenvalue weighted by Crippen LogP contribution is 2.58. The summed E-state index contributed by atoms with van der Waals surface area (Å²) in [5.74, 6) is -0.428. The Morgan fingerprint density at radius 3 is 2.48 bits per heavy atom. The summed E-state index contributed by atoms with van der Waals surface area (Å²) in [7, 11) is 0. The lowest BCUT2D eigenvalue weighted by Gasteiger charge is -2.36. The first-order valence-electron chi connectivity index (χ1n) is 9.85. The van der Waals surface area contributed by atoms with E-state index in [0.29, 0.717) is 23.0 Å². The van der Waals surface area contributed by atoms with Crippen LogP contribution in [0.2, 0.25) is 15.1 Å². The Morgan fingerprint density at radius 1 is 1.03 bits per heavy atom. The van der Waals surface area contributed by atoms with Crippen LogP contribution in [-0.2, 0) is 16.1 Å². The van der Waals surface area contributed by atoms with Gasteiger partial charge in [-0.1, -0.05) is 40.9 Å². The molecule has 9 heteroatoms. The second kappa shape index (κ2) is 8.85. The number of rotatable bonds is 7. The number of carbonyl (C=O) groups is 2. The fourth-order valence-corrected chi connectivity index (χ4v) is 4.85. The molecule has 3 aliphatic rings. The highest BCUT2D eigenvalue weighted by molar-refractivity contribution is 6.42. The Labute approximate surface area is 194 Å². The number of benzene rings is 2. The van der Waals surface area contributed by atoms with Crippen LogP contribution < -0.4 is 15.4 Å². The number of halogens is 4. The van der Waals surface area contributed by atoms with Crippen LogP contribution in [0.25, 0.3) is 0 Å². The summed E-state index contributed by atoms with van der Waals surface area (Å²) in [6, 6.07) is 9.18.